The molecule has 2 aromatic carbocycles. The molecule has 1 unspecified atom stereocenters. The van der Waals surface area contributed by atoms with Gasteiger partial charge in [0.15, 0.2) is 10.9 Å². The Labute approximate surface area is 169 Å². The molecule has 0 heterocycles. The first-order valence-corrected chi connectivity index (χ1v) is 11.9. The molecule has 1 fully saturated rings. The van der Waals surface area contributed by atoms with Gasteiger partial charge in [0, 0.05) is 12.8 Å². The van der Waals surface area contributed by atoms with Crippen molar-refractivity contribution in [2.45, 2.75) is 31.8 Å². The number of benzene rings is 2. The molecule has 0 aromatic heterocycles. The predicted molar refractivity (Wildman–Crippen MR) is 111 cm³/mol. The van der Waals surface area contributed by atoms with E-state index >= 15 is 0 Å². The number of carbonyl (C=O) groups excluding carboxylic acids is 2. The number of hydrogen-bond acceptors (Lipinski definition) is 6. The Bertz CT molecular complexity index is 810. The fourth-order valence-corrected chi connectivity index (χ4v) is 6.37. The molecule has 2 atom stereocenters. The largest absolute Gasteiger partial charge is 0.441 e. The molecule has 0 bridgehead atoms. The molecule has 0 saturated heterocycles. The fourth-order valence-electron chi connectivity index (χ4n) is 3.37. The summed E-state index contributed by atoms with van der Waals surface area (Å²) in [7, 11) is -3.91. The van der Waals surface area contributed by atoms with Crippen LogP contribution in [0.25, 0.3) is 0 Å². The van der Waals surface area contributed by atoms with Crippen molar-refractivity contribution in [3.05, 3.63) is 60.7 Å². The normalized spacial score (nSPS) is 19.4. The van der Waals surface area contributed by atoms with Crippen molar-refractivity contribution in [2.75, 3.05) is 5.75 Å². The van der Waals surface area contributed by atoms with Crippen LogP contribution in [0, 0.1) is 5.92 Å². The summed E-state index contributed by atoms with van der Waals surface area (Å²) in [6.07, 6.45) is 0.981. The van der Waals surface area contributed by atoms with Gasteiger partial charge >= 0.3 is 7.60 Å². The van der Waals surface area contributed by atoms with Crippen molar-refractivity contribution in [2.24, 2.45) is 5.92 Å². The third-order valence-corrected chi connectivity index (χ3v) is 7.66. The van der Waals surface area contributed by atoms with Crippen LogP contribution in [0.2, 0.25) is 0 Å². The lowest BCUT2D eigenvalue weighted by molar-refractivity contribution is -0.117. The highest BCUT2D eigenvalue weighted by atomic mass is 32.2. The fraction of sp³-hybridized carbons (Fsp3) is 0.333. The molecule has 0 aliphatic heterocycles. The van der Waals surface area contributed by atoms with E-state index in [1.165, 1.54) is 11.8 Å². The smallest absolute Gasteiger partial charge is 0.416 e. The molecular formula is C21H23O5PS. The predicted octanol–water partition coefficient (Wildman–Crippen LogP) is 5.36. The highest BCUT2D eigenvalue weighted by Crippen LogP contribution is 2.59. The standard InChI is InChI=1S/C21H23O5PS/c1-2-28-20(23)15-16-13-14-19(22)21(16)27(24,25-17-9-5-3-6-10-17)26-18-11-7-4-8-12-18/h3-12,16,21H,2,13-15H2,1H3/t16-,21?/m1/s1. The second kappa shape index (κ2) is 9.44. The molecule has 2 aromatic rings. The number of carbonyl (C=O) groups is 2. The average Bonchev–Trinajstić information content (AvgIpc) is 3.04. The average molecular weight is 418 g/mol. The van der Waals surface area contributed by atoms with Crippen molar-refractivity contribution >= 4 is 30.3 Å². The molecule has 0 amide bonds. The van der Waals surface area contributed by atoms with Crippen LogP contribution >= 0.6 is 19.4 Å². The van der Waals surface area contributed by atoms with E-state index in [9.17, 15) is 14.2 Å². The van der Waals surface area contributed by atoms with Gasteiger partial charge in [-0.25, -0.2) is 4.57 Å². The van der Waals surface area contributed by atoms with Crippen LogP contribution in [0.4, 0.5) is 0 Å². The first kappa shape index (κ1) is 20.7. The minimum absolute atomic E-state index is 0.00169. The minimum Gasteiger partial charge on any atom is -0.416 e. The zero-order valence-electron chi connectivity index (χ0n) is 15.7. The number of rotatable bonds is 8. The lowest BCUT2D eigenvalue weighted by Crippen LogP contribution is -2.28. The summed E-state index contributed by atoms with van der Waals surface area (Å²) in [5.74, 6) is 0.888. The van der Waals surface area contributed by atoms with Crippen LogP contribution in [0.5, 0.6) is 11.5 Å². The van der Waals surface area contributed by atoms with E-state index in [-0.39, 0.29) is 29.7 Å². The quantitative estimate of drug-likeness (QED) is 0.538. The van der Waals surface area contributed by atoms with Crippen LogP contribution in [-0.4, -0.2) is 22.3 Å². The monoisotopic (exact) mass is 418 g/mol. The SMILES string of the molecule is CCSC(=O)C[C@H]1CCC(=O)C1P(=O)(Oc1ccccc1)Oc1ccccc1. The van der Waals surface area contributed by atoms with Gasteiger partial charge in [-0.2, -0.15) is 0 Å². The number of thioether (sulfide) groups is 1. The third-order valence-electron chi connectivity index (χ3n) is 4.56. The number of hydrogen-bond donors (Lipinski definition) is 0. The molecule has 0 spiro atoms. The van der Waals surface area contributed by atoms with Crippen molar-refractivity contribution in [1.82, 2.24) is 0 Å². The zero-order chi connectivity index (χ0) is 20.0. The maximum Gasteiger partial charge on any atom is 0.441 e. The highest BCUT2D eigenvalue weighted by molar-refractivity contribution is 8.13. The Morgan fingerprint density at radius 1 is 1.04 bits per heavy atom. The topological polar surface area (TPSA) is 69.7 Å². The van der Waals surface area contributed by atoms with Crippen molar-refractivity contribution in [1.29, 1.82) is 0 Å². The summed E-state index contributed by atoms with van der Waals surface area (Å²) in [4.78, 5) is 24.9. The van der Waals surface area contributed by atoms with Gasteiger partial charge in [-0.3, -0.25) is 9.59 Å². The summed E-state index contributed by atoms with van der Waals surface area (Å²) >= 11 is 1.22. The number of Topliss-reactive ketones (excluding diaryl/α,β-unsaturated/α-hetero) is 1. The van der Waals surface area contributed by atoms with Crippen LogP contribution in [-0.2, 0) is 14.2 Å². The van der Waals surface area contributed by atoms with Crippen LogP contribution in [0.15, 0.2) is 60.7 Å². The molecule has 7 heteroatoms. The van der Waals surface area contributed by atoms with E-state index in [0.29, 0.717) is 23.7 Å². The van der Waals surface area contributed by atoms with E-state index in [0.717, 1.165) is 0 Å². The Hall–Kier alpha value is -2.04. The summed E-state index contributed by atoms with van der Waals surface area (Å²) in [6.45, 7) is 1.90. The maximum absolute atomic E-state index is 13.9. The summed E-state index contributed by atoms with van der Waals surface area (Å²) in [6, 6.07) is 17.4. The van der Waals surface area contributed by atoms with E-state index < -0.39 is 13.3 Å². The Kier molecular flexibility index (Phi) is 6.97. The van der Waals surface area contributed by atoms with Crippen LogP contribution in [0.1, 0.15) is 26.2 Å². The van der Waals surface area contributed by atoms with E-state index in [2.05, 4.69) is 0 Å². The Morgan fingerprint density at radius 2 is 1.57 bits per heavy atom. The van der Waals surface area contributed by atoms with E-state index in [4.69, 9.17) is 9.05 Å². The molecule has 5 nitrogen and oxygen atoms in total. The number of ketones is 1. The van der Waals surface area contributed by atoms with Crippen LogP contribution < -0.4 is 9.05 Å². The molecule has 1 aliphatic carbocycles. The van der Waals surface area contributed by atoms with Gasteiger partial charge in [-0.1, -0.05) is 55.1 Å². The van der Waals surface area contributed by atoms with Gasteiger partial charge in [0.25, 0.3) is 0 Å². The lowest BCUT2D eigenvalue weighted by atomic mass is 10.1. The lowest BCUT2D eigenvalue weighted by Gasteiger charge is -2.27. The van der Waals surface area contributed by atoms with Crippen molar-refractivity contribution < 1.29 is 23.2 Å². The third kappa shape index (κ3) is 5.06. The molecule has 0 N–H and O–H groups in total. The second-order valence-corrected chi connectivity index (χ2v) is 9.89. The zero-order valence-corrected chi connectivity index (χ0v) is 17.4. The van der Waals surface area contributed by atoms with Crippen molar-refractivity contribution in [3.8, 4) is 11.5 Å². The molecule has 1 aliphatic rings. The Balaban J connectivity index is 1.92. The van der Waals surface area contributed by atoms with E-state index in [1.54, 1.807) is 48.5 Å². The van der Waals surface area contributed by atoms with Gasteiger partial charge in [-0.05, 0) is 42.4 Å². The van der Waals surface area contributed by atoms with Gasteiger partial charge < -0.3 is 9.05 Å². The molecule has 3 rings (SSSR count). The summed E-state index contributed by atoms with van der Waals surface area (Å²) < 4.78 is 25.6. The second-order valence-electron chi connectivity index (χ2n) is 6.57. The minimum atomic E-state index is -3.91. The maximum atomic E-state index is 13.9. The van der Waals surface area contributed by atoms with Gasteiger partial charge in [0.2, 0.25) is 0 Å². The molecule has 0 radical (unpaired) electrons. The van der Waals surface area contributed by atoms with E-state index in [1.807, 2.05) is 19.1 Å². The number of para-hydroxylation sites is 2. The molecular weight excluding hydrogens is 395 g/mol. The molecule has 28 heavy (non-hydrogen) atoms. The van der Waals surface area contributed by atoms with Gasteiger partial charge in [0.1, 0.15) is 17.2 Å². The van der Waals surface area contributed by atoms with Gasteiger partial charge in [-0.15, -0.1) is 0 Å². The highest BCUT2D eigenvalue weighted by Gasteiger charge is 2.52. The Morgan fingerprint density at radius 3 is 2.07 bits per heavy atom. The first-order valence-electron chi connectivity index (χ1n) is 9.29. The summed E-state index contributed by atoms with van der Waals surface area (Å²) in [5.41, 5.74) is -0.950. The molecule has 1 saturated carbocycles. The molecule has 148 valence electrons. The summed E-state index contributed by atoms with van der Waals surface area (Å²) in [5, 5.41) is -0.00169. The van der Waals surface area contributed by atoms with Gasteiger partial charge in [0.05, 0.1) is 0 Å². The van der Waals surface area contributed by atoms with Crippen LogP contribution in [0.3, 0.4) is 0 Å². The first-order chi connectivity index (χ1) is 13.5. The van der Waals surface area contributed by atoms with Crippen molar-refractivity contribution in [3.63, 3.8) is 0 Å².